The largest absolute Gasteiger partial charge is 0.530 e. The molecule has 0 N–H and O–H groups in total. The fourth-order valence-corrected chi connectivity index (χ4v) is 4.92. The fourth-order valence-electron chi connectivity index (χ4n) is 3.80. The third-order valence-corrected chi connectivity index (χ3v) is 6.87. The Kier molecular flexibility index (Phi) is 11.3. The van der Waals surface area contributed by atoms with E-state index < -0.39 is 8.60 Å². The van der Waals surface area contributed by atoms with Crippen LogP contribution in [0.15, 0.2) is 72.8 Å². The van der Waals surface area contributed by atoms with E-state index in [0.717, 1.165) is 75.0 Å². The summed E-state index contributed by atoms with van der Waals surface area (Å²) in [5.74, 6) is 2.54. The normalized spacial score (nSPS) is 10.9. The molecule has 0 heterocycles. The molecule has 3 nitrogen and oxygen atoms in total. The summed E-state index contributed by atoms with van der Waals surface area (Å²) in [6.07, 6.45) is 9.75. The Morgan fingerprint density at radius 2 is 0.765 bits per heavy atom. The number of para-hydroxylation sites is 3. The van der Waals surface area contributed by atoms with Gasteiger partial charge in [0.25, 0.3) is 0 Å². The molecule has 0 saturated heterocycles. The average molecular weight is 479 g/mol. The van der Waals surface area contributed by atoms with Crippen LogP contribution in [0.4, 0.5) is 0 Å². The molecule has 3 aromatic carbocycles. The van der Waals surface area contributed by atoms with Crippen LogP contribution in [0.2, 0.25) is 0 Å². The molecule has 0 aromatic heterocycles. The number of rotatable bonds is 15. The predicted molar refractivity (Wildman–Crippen MR) is 144 cm³/mol. The van der Waals surface area contributed by atoms with Gasteiger partial charge >= 0.3 is 8.60 Å². The molecule has 0 unspecified atom stereocenters. The molecule has 0 aliphatic heterocycles. The van der Waals surface area contributed by atoms with E-state index in [0.29, 0.717) is 0 Å². The summed E-state index contributed by atoms with van der Waals surface area (Å²) in [6.45, 7) is 6.63. The van der Waals surface area contributed by atoms with E-state index in [4.69, 9.17) is 13.6 Å². The van der Waals surface area contributed by atoms with Crippen molar-refractivity contribution >= 4 is 8.60 Å². The average Bonchev–Trinajstić information content (AvgIpc) is 2.87. The summed E-state index contributed by atoms with van der Waals surface area (Å²) in [4.78, 5) is 0. The molecule has 0 fully saturated rings. The number of aryl methyl sites for hydroxylation is 3. The van der Waals surface area contributed by atoms with Crippen LogP contribution in [0.3, 0.4) is 0 Å². The summed E-state index contributed by atoms with van der Waals surface area (Å²) < 4.78 is 19.5. The van der Waals surface area contributed by atoms with Gasteiger partial charge in [0.1, 0.15) is 17.2 Å². The van der Waals surface area contributed by atoms with Gasteiger partial charge in [0, 0.05) is 0 Å². The monoisotopic (exact) mass is 478 g/mol. The Hall–Kier alpha value is -2.51. The first kappa shape index (κ1) is 26.1. The highest BCUT2D eigenvalue weighted by Gasteiger charge is 2.23. The summed E-state index contributed by atoms with van der Waals surface area (Å²) in [7, 11) is -1.68. The van der Waals surface area contributed by atoms with Crippen LogP contribution in [0, 0.1) is 0 Å². The van der Waals surface area contributed by atoms with E-state index in [1.807, 2.05) is 36.4 Å². The van der Waals surface area contributed by atoms with Crippen molar-refractivity contribution < 1.29 is 13.6 Å². The summed E-state index contributed by atoms with van der Waals surface area (Å²) >= 11 is 0. The molecule has 34 heavy (non-hydrogen) atoms. The molecular weight excluding hydrogens is 439 g/mol. The Labute approximate surface area is 207 Å². The highest BCUT2D eigenvalue weighted by molar-refractivity contribution is 7.43. The van der Waals surface area contributed by atoms with Gasteiger partial charge in [0.15, 0.2) is 0 Å². The molecule has 3 aromatic rings. The van der Waals surface area contributed by atoms with Crippen LogP contribution in [0.5, 0.6) is 17.2 Å². The minimum atomic E-state index is -1.68. The molecule has 3 rings (SSSR count). The molecule has 0 bridgehead atoms. The van der Waals surface area contributed by atoms with E-state index >= 15 is 0 Å². The Morgan fingerprint density at radius 1 is 0.471 bits per heavy atom. The van der Waals surface area contributed by atoms with Crippen molar-refractivity contribution in [1.82, 2.24) is 0 Å². The number of benzene rings is 3. The molecule has 0 amide bonds. The second kappa shape index (κ2) is 14.7. The van der Waals surface area contributed by atoms with E-state index in [1.54, 1.807) is 0 Å². The van der Waals surface area contributed by atoms with Crippen LogP contribution in [0.25, 0.3) is 0 Å². The van der Waals surface area contributed by atoms with Crippen LogP contribution in [-0.4, -0.2) is 0 Å². The maximum absolute atomic E-state index is 6.49. The smallest absolute Gasteiger partial charge is 0.408 e. The SMILES string of the molecule is CCCCc1ccccc1OP(Oc1ccccc1CCCC)Oc1ccccc1CCCC. The zero-order valence-electron chi connectivity index (χ0n) is 21.0. The molecule has 4 heteroatoms. The zero-order chi connectivity index (χ0) is 24.0. The van der Waals surface area contributed by atoms with Crippen LogP contribution in [-0.2, 0) is 19.3 Å². The molecular formula is C30H39O3P. The maximum atomic E-state index is 6.49. The van der Waals surface area contributed by atoms with Gasteiger partial charge in [0.05, 0.1) is 0 Å². The predicted octanol–water partition coefficient (Wildman–Crippen LogP) is 9.48. The molecule has 0 spiro atoms. The van der Waals surface area contributed by atoms with E-state index in [-0.39, 0.29) is 0 Å². The first-order valence-corrected chi connectivity index (χ1v) is 13.9. The van der Waals surface area contributed by atoms with E-state index in [9.17, 15) is 0 Å². The number of hydrogen-bond acceptors (Lipinski definition) is 3. The fraction of sp³-hybridized carbons (Fsp3) is 0.400. The van der Waals surface area contributed by atoms with Gasteiger partial charge in [-0.3, -0.25) is 0 Å². The molecule has 0 aliphatic carbocycles. The highest BCUT2D eigenvalue weighted by atomic mass is 31.2. The van der Waals surface area contributed by atoms with Crippen molar-refractivity contribution in [3.05, 3.63) is 89.5 Å². The quantitative estimate of drug-likeness (QED) is 0.204. The van der Waals surface area contributed by atoms with Crippen molar-refractivity contribution in [3.63, 3.8) is 0 Å². The lowest BCUT2D eigenvalue weighted by molar-refractivity contribution is 0.382. The Balaban J connectivity index is 1.89. The maximum Gasteiger partial charge on any atom is 0.530 e. The topological polar surface area (TPSA) is 27.7 Å². The second-order valence-corrected chi connectivity index (χ2v) is 9.63. The second-order valence-electron chi connectivity index (χ2n) is 8.63. The Morgan fingerprint density at radius 3 is 1.06 bits per heavy atom. The summed E-state index contributed by atoms with van der Waals surface area (Å²) in [5, 5.41) is 0. The molecule has 0 aliphatic rings. The highest BCUT2D eigenvalue weighted by Crippen LogP contribution is 2.45. The van der Waals surface area contributed by atoms with E-state index in [1.165, 1.54) is 16.7 Å². The molecule has 0 atom stereocenters. The van der Waals surface area contributed by atoms with Crippen LogP contribution >= 0.6 is 8.60 Å². The molecule has 0 saturated carbocycles. The minimum Gasteiger partial charge on any atom is -0.408 e. The van der Waals surface area contributed by atoms with Crippen LogP contribution < -0.4 is 13.6 Å². The van der Waals surface area contributed by atoms with Crippen molar-refractivity contribution in [2.45, 2.75) is 78.6 Å². The lowest BCUT2D eigenvalue weighted by atomic mass is 10.1. The van der Waals surface area contributed by atoms with Crippen molar-refractivity contribution in [2.75, 3.05) is 0 Å². The van der Waals surface area contributed by atoms with E-state index in [2.05, 4.69) is 57.2 Å². The van der Waals surface area contributed by atoms with Gasteiger partial charge in [-0.1, -0.05) is 94.6 Å². The Bertz CT molecular complexity index is 861. The molecule has 0 radical (unpaired) electrons. The number of hydrogen-bond donors (Lipinski definition) is 0. The van der Waals surface area contributed by atoms with Gasteiger partial charge in [-0.05, 0) is 73.4 Å². The van der Waals surface area contributed by atoms with Crippen molar-refractivity contribution in [2.24, 2.45) is 0 Å². The van der Waals surface area contributed by atoms with Gasteiger partial charge in [-0.15, -0.1) is 0 Å². The molecule has 182 valence electrons. The third kappa shape index (κ3) is 8.06. The van der Waals surface area contributed by atoms with Gasteiger partial charge in [-0.2, -0.15) is 0 Å². The first-order chi connectivity index (χ1) is 16.7. The van der Waals surface area contributed by atoms with Gasteiger partial charge in [0.2, 0.25) is 0 Å². The van der Waals surface area contributed by atoms with Crippen LogP contribution in [0.1, 0.15) is 76.0 Å². The standard InChI is InChI=1S/C30H39O3P/c1-4-7-16-25-19-10-13-22-28(25)31-34(32-29-23-14-11-20-26(29)17-8-5-2)33-30-24-15-12-21-27(30)18-9-6-3/h10-15,19-24H,4-9,16-18H2,1-3H3. The third-order valence-electron chi connectivity index (χ3n) is 5.84. The summed E-state index contributed by atoms with van der Waals surface area (Å²) in [6, 6.07) is 24.8. The van der Waals surface area contributed by atoms with Gasteiger partial charge < -0.3 is 13.6 Å². The first-order valence-electron chi connectivity index (χ1n) is 12.8. The van der Waals surface area contributed by atoms with Crippen molar-refractivity contribution in [1.29, 1.82) is 0 Å². The lowest BCUT2D eigenvalue weighted by Gasteiger charge is -2.22. The summed E-state index contributed by atoms with van der Waals surface area (Å²) in [5.41, 5.74) is 3.59. The van der Waals surface area contributed by atoms with Crippen molar-refractivity contribution in [3.8, 4) is 17.2 Å². The lowest BCUT2D eigenvalue weighted by Crippen LogP contribution is -2.06. The number of unbranched alkanes of at least 4 members (excludes halogenated alkanes) is 3. The van der Waals surface area contributed by atoms with Gasteiger partial charge in [-0.25, -0.2) is 0 Å². The minimum absolute atomic E-state index is 0.846. The zero-order valence-corrected chi connectivity index (χ0v) is 21.9.